The third-order valence-corrected chi connectivity index (χ3v) is 2.80. The summed E-state index contributed by atoms with van der Waals surface area (Å²) in [7, 11) is 1.74. The number of likely N-dealkylation sites (tertiary alicyclic amines) is 1. The Morgan fingerprint density at radius 3 is 2.92 bits per heavy atom. The maximum atomic E-state index is 5.58. The van der Waals surface area contributed by atoms with E-state index in [4.69, 9.17) is 10.5 Å². The van der Waals surface area contributed by atoms with Crippen LogP contribution in [-0.4, -0.2) is 44.3 Å². The number of nitrogens with zero attached hydrogens (tertiary/aromatic N) is 1. The topological polar surface area (TPSA) is 38.5 Å². The summed E-state index contributed by atoms with van der Waals surface area (Å²) in [6.45, 7) is 6.36. The summed E-state index contributed by atoms with van der Waals surface area (Å²) in [5, 5.41) is 0. The Kier molecular flexibility index (Phi) is 4.70. The quantitative estimate of drug-likeness (QED) is 0.702. The minimum atomic E-state index is 0.213. The van der Waals surface area contributed by atoms with Gasteiger partial charge < -0.3 is 15.4 Å². The van der Waals surface area contributed by atoms with Gasteiger partial charge in [0.1, 0.15) is 0 Å². The van der Waals surface area contributed by atoms with Crippen LogP contribution in [0.1, 0.15) is 19.8 Å². The van der Waals surface area contributed by atoms with E-state index in [1.54, 1.807) is 7.11 Å². The first kappa shape index (κ1) is 11.0. The molecule has 1 heterocycles. The lowest BCUT2D eigenvalue weighted by molar-refractivity contribution is 0.0552. The molecule has 0 radical (unpaired) electrons. The van der Waals surface area contributed by atoms with Gasteiger partial charge in [0.25, 0.3) is 0 Å². The van der Waals surface area contributed by atoms with Crippen LogP contribution in [0.4, 0.5) is 0 Å². The summed E-state index contributed by atoms with van der Waals surface area (Å²) in [5.41, 5.74) is 5.58. The van der Waals surface area contributed by atoms with Gasteiger partial charge in [-0.3, -0.25) is 0 Å². The molecule has 1 aliphatic rings. The first-order chi connectivity index (χ1) is 6.26. The fraction of sp³-hybridized carbons (Fsp3) is 1.00. The van der Waals surface area contributed by atoms with Crippen molar-refractivity contribution in [1.82, 2.24) is 4.90 Å². The minimum Gasteiger partial charge on any atom is -0.379 e. The predicted octanol–water partition coefficient (Wildman–Crippen LogP) is 0.692. The Bertz CT molecular complexity index is 137. The largest absolute Gasteiger partial charge is 0.379 e. The zero-order valence-electron chi connectivity index (χ0n) is 8.83. The second-order valence-corrected chi connectivity index (χ2v) is 4.10. The zero-order chi connectivity index (χ0) is 9.68. The van der Waals surface area contributed by atoms with Crippen LogP contribution in [0.2, 0.25) is 0 Å². The molecule has 3 heteroatoms. The summed E-state index contributed by atoms with van der Waals surface area (Å²) in [6, 6.07) is 0. The van der Waals surface area contributed by atoms with E-state index in [1.807, 2.05) is 0 Å². The van der Waals surface area contributed by atoms with Crippen LogP contribution in [0.25, 0.3) is 0 Å². The number of rotatable bonds is 4. The Hall–Kier alpha value is -0.120. The van der Waals surface area contributed by atoms with Crippen LogP contribution in [0.5, 0.6) is 0 Å². The molecule has 78 valence electrons. The zero-order valence-corrected chi connectivity index (χ0v) is 8.83. The summed E-state index contributed by atoms with van der Waals surface area (Å²) < 4.78 is 5.27. The minimum absolute atomic E-state index is 0.213. The molecule has 0 aliphatic carbocycles. The summed E-state index contributed by atoms with van der Waals surface area (Å²) >= 11 is 0. The molecule has 13 heavy (non-hydrogen) atoms. The van der Waals surface area contributed by atoms with Crippen molar-refractivity contribution in [3.63, 3.8) is 0 Å². The van der Waals surface area contributed by atoms with Crippen molar-refractivity contribution < 1.29 is 4.74 Å². The fourth-order valence-corrected chi connectivity index (χ4v) is 1.99. The first-order valence-corrected chi connectivity index (χ1v) is 5.21. The molecule has 1 fully saturated rings. The average molecular weight is 186 g/mol. The van der Waals surface area contributed by atoms with Gasteiger partial charge in [-0.2, -0.15) is 0 Å². The van der Waals surface area contributed by atoms with E-state index in [9.17, 15) is 0 Å². The Morgan fingerprint density at radius 1 is 1.62 bits per heavy atom. The highest BCUT2D eigenvalue weighted by atomic mass is 16.5. The average Bonchev–Trinajstić information content (AvgIpc) is 2.14. The van der Waals surface area contributed by atoms with Crippen molar-refractivity contribution >= 4 is 0 Å². The summed E-state index contributed by atoms with van der Waals surface area (Å²) in [6.07, 6.45) is 2.91. The van der Waals surface area contributed by atoms with E-state index in [0.717, 1.165) is 12.5 Å². The highest BCUT2D eigenvalue weighted by molar-refractivity contribution is 4.73. The third kappa shape index (κ3) is 3.63. The number of hydrogen-bond acceptors (Lipinski definition) is 3. The van der Waals surface area contributed by atoms with Crippen LogP contribution in [0.15, 0.2) is 0 Å². The fourth-order valence-electron chi connectivity index (χ4n) is 1.99. The van der Waals surface area contributed by atoms with Gasteiger partial charge in [-0.1, -0.05) is 6.92 Å². The number of methoxy groups -OCH3 is 1. The van der Waals surface area contributed by atoms with Gasteiger partial charge in [0.05, 0.1) is 6.10 Å². The molecule has 0 aromatic heterocycles. The molecular weight excluding hydrogens is 164 g/mol. The van der Waals surface area contributed by atoms with Gasteiger partial charge in [0.2, 0.25) is 0 Å². The maximum absolute atomic E-state index is 5.58. The summed E-state index contributed by atoms with van der Waals surface area (Å²) in [5.74, 6) is 0.837. The molecule has 2 atom stereocenters. The van der Waals surface area contributed by atoms with Crippen molar-refractivity contribution in [2.75, 3.05) is 33.3 Å². The van der Waals surface area contributed by atoms with Crippen molar-refractivity contribution in [2.24, 2.45) is 11.7 Å². The van der Waals surface area contributed by atoms with Crippen molar-refractivity contribution in [2.45, 2.75) is 25.9 Å². The molecule has 3 nitrogen and oxygen atoms in total. The highest BCUT2D eigenvalue weighted by Crippen LogP contribution is 2.15. The normalized spacial score (nSPS) is 27.5. The standard InChI is InChI=1S/C10H22N2O/c1-9-4-3-5-12(7-9)8-10(6-11)13-2/h9-10H,3-8,11H2,1-2H3. The second-order valence-electron chi connectivity index (χ2n) is 4.10. The molecule has 0 aromatic carbocycles. The lowest BCUT2D eigenvalue weighted by atomic mass is 10.00. The van der Waals surface area contributed by atoms with Gasteiger partial charge >= 0.3 is 0 Å². The molecule has 0 bridgehead atoms. The van der Waals surface area contributed by atoms with Gasteiger partial charge in [0, 0.05) is 26.7 Å². The number of hydrogen-bond donors (Lipinski definition) is 1. The molecule has 2 unspecified atom stereocenters. The molecule has 1 rings (SSSR count). The van der Waals surface area contributed by atoms with Gasteiger partial charge in [-0.25, -0.2) is 0 Å². The van der Waals surface area contributed by atoms with Crippen LogP contribution in [0.3, 0.4) is 0 Å². The van der Waals surface area contributed by atoms with Crippen molar-refractivity contribution in [1.29, 1.82) is 0 Å². The third-order valence-electron chi connectivity index (χ3n) is 2.80. The van der Waals surface area contributed by atoms with E-state index >= 15 is 0 Å². The Labute approximate surface area is 81.2 Å². The first-order valence-electron chi connectivity index (χ1n) is 5.21. The highest BCUT2D eigenvalue weighted by Gasteiger charge is 2.18. The predicted molar refractivity (Wildman–Crippen MR) is 54.7 cm³/mol. The van der Waals surface area contributed by atoms with E-state index in [1.165, 1.54) is 25.9 Å². The van der Waals surface area contributed by atoms with Gasteiger partial charge in [-0.05, 0) is 25.3 Å². The van der Waals surface area contributed by atoms with Gasteiger partial charge in [-0.15, -0.1) is 0 Å². The molecule has 0 amide bonds. The van der Waals surface area contributed by atoms with E-state index in [2.05, 4.69) is 11.8 Å². The van der Waals surface area contributed by atoms with E-state index in [0.29, 0.717) is 6.54 Å². The van der Waals surface area contributed by atoms with Crippen LogP contribution < -0.4 is 5.73 Å². The molecule has 0 spiro atoms. The SMILES string of the molecule is COC(CN)CN1CCCC(C)C1. The molecule has 1 saturated heterocycles. The summed E-state index contributed by atoms with van der Waals surface area (Å²) in [4.78, 5) is 2.47. The lowest BCUT2D eigenvalue weighted by Crippen LogP contribution is -2.42. The smallest absolute Gasteiger partial charge is 0.0820 e. The molecule has 0 saturated carbocycles. The number of nitrogens with two attached hydrogens (primary N) is 1. The van der Waals surface area contributed by atoms with Gasteiger partial charge in [0.15, 0.2) is 0 Å². The van der Waals surface area contributed by atoms with Crippen LogP contribution in [-0.2, 0) is 4.74 Å². The van der Waals surface area contributed by atoms with Crippen molar-refractivity contribution in [3.05, 3.63) is 0 Å². The van der Waals surface area contributed by atoms with E-state index < -0.39 is 0 Å². The molecule has 2 N–H and O–H groups in total. The second kappa shape index (κ2) is 5.58. The van der Waals surface area contributed by atoms with Crippen LogP contribution in [0, 0.1) is 5.92 Å². The Morgan fingerprint density at radius 2 is 2.38 bits per heavy atom. The Balaban J connectivity index is 2.26. The number of piperidine rings is 1. The monoisotopic (exact) mass is 186 g/mol. The van der Waals surface area contributed by atoms with E-state index in [-0.39, 0.29) is 6.10 Å². The number of ether oxygens (including phenoxy) is 1. The molecular formula is C10H22N2O. The lowest BCUT2D eigenvalue weighted by Gasteiger charge is -2.32. The molecule has 0 aromatic rings. The maximum Gasteiger partial charge on any atom is 0.0820 e. The molecule has 1 aliphatic heterocycles. The van der Waals surface area contributed by atoms with Crippen LogP contribution >= 0.6 is 0 Å². The van der Waals surface area contributed by atoms with Crippen molar-refractivity contribution in [3.8, 4) is 0 Å².